The first-order valence-corrected chi connectivity index (χ1v) is 12.0. The zero-order valence-electron chi connectivity index (χ0n) is 18.7. The number of nitriles is 1. The molecular weight excluding hydrogens is 466 g/mol. The molecule has 7 heteroatoms. The molecule has 0 aromatic heterocycles. The normalized spacial score (nSPS) is 16.8. The molecule has 1 atom stereocenters. The second-order valence-corrected chi connectivity index (χ2v) is 9.69. The highest BCUT2D eigenvalue weighted by molar-refractivity contribution is 8.05. The van der Waals surface area contributed by atoms with E-state index in [0.29, 0.717) is 27.8 Å². The minimum atomic E-state index is -0.576. The first-order chi connectivity index (χ1) is 16.4. The third kappa shape index (κ3) is 5.17. The van der Waals surface area contributed by atoms with E-state index in [1.165, 1.54) is 16.7 Å². The highest BCUT2D eigenvalue weighted by Gasteiger charge is 2.40. The topological polar surface area (TPSA) is 73.2 Å². The average molecular weight is 488 g/mol. The molecule has 3 aromatic carbocycles. The predicted octanol–water partition coefficient (Wildman–Crippen LogP) is 6.02. The molecule has 1 N–H and O–H groups in total. The second-order valence-electron chi connectivity index (χ2n) is 8.06. The van der Waals surface area contributed by atoms with Gasteiger partial charge in [-0.2, -0.15) is 5.26 Å². The van der Waals surface area contributed by atoms with E-state index in [-0.39, 0.29) is 11.5 Å². The number of aryl methyl sites for hydroxylation is 2. The van der Waals surface area contributed by atoms with Crippen molar-refractivity contribution in [2.75, 3.05) is 10.2 Å². The first-order valence-electron chi connectivity index (χ1n) is 10.7. The van der Waals surface area contributed by atoms with Gasteiger partial charge in [0.1, 0.15) is 16.7 Å². The van der Waals surface area contributed by atoms with E-state index in [9.17, 15) is 14.9 Å². The van der Waals surface area contributed by atoms with Gasteiger partial charge in [0.05, 0.1) is 5.25 Å². The summed E-state index contributed by atoms with van der Waals surface area (Å²) in [5, 5.41) is 13.1. The minimum absolute atomic E-state index is 0.111. The van der Waals surface area contributed by atoms with Crippen LogP contribution in [0.1, 0.15) is 16.7 Å². The lowest BCUT2D eigenvalue weighted by atomic mass is 10.1. The predicted molar refractivity (Wildman–Crippen MR) is 138 cm³/mol. The van der Waals surface area contributed by atoms with Crippen LogP contribution in [-0.4, -0.2) is 17.1 Å². The molecule has 1 unspecified atom stereocenters. The van der Waals surface area contributed by atoms with Gasteiger partial charge in [0, 0.05) is 16.4 Å². The Bertz CT molecular complexity index is 1310. The standard InChI is InChI=1S/C27H22ClN3O2S/c1-17-6-12-22(13-7-17)31-26(33)24(15-19-5-3-4-18(2)14-19)34-27(31)23(16-29)25(32)30-21-10-8-20(28)9-11-21/h3-14,24H,15H2,1-2H3,(H,30,32). The van der Waals surface area contributed by atoms with Crippen molar-refractivity contribution in [2.24, 2.45) is 0 Å². The maximum atomic E-state index is 13.5. The van der Waals surface area contributed by atoms with E-state index in [1.807, 2.05) is 68.4 Å². The Morgan fingerprint density at radius 1 is 1.06 bits per heavy atom. The minimum Gasteiger partial charge on any atom is -0.321 e. The molecule has 170 valence electrons. The molecule has 3 aromatic rings. The van der Waals surface area contributed by atoms with Gasteiger partial charge in [0.25, 0.3) is 5.91 Å². The van der Waals surface area contributed by atoms with Gasteiger partial charge in [-0.3, -0.25) is 14.5 Å². The molecule has 5 nitrogen and oxygen atoms in total. The molecule has 1 aliphatic heterocycles. The number of thioether (sulfide) groups is 1. The van der Waals surface area contributed by atoms with Crippen LogP contribution in [0.4, 0.5) is 11.4 Å². The van der Waals surface area contributed by atoms with Gasteiger partial charge < -0.3 is 5.32 Å². The van der Waals surface area contributed by atoms with Crippen molar-refractivity contribution in [1.82, 2.24) is 0 Å². The van der Waals surface area contributed by atoms with Crippen LogP contribution in [0.2, 0.25) is 5.02 Å². The molecule has 1 heterocycles. The summed E-state index contributed by atoms with van der Waals surface area (Å²) in [4.78, 5) is 28.1. The van der Waals surface area contributed by atoms with Crippen molar-refractivity contribution < 1.29 is 9.59 Å². The zero-order valence-corrected chi connectivity index (χ0v) is 20.3. The van der Waals surface area contributed by atoms with Crippen LogP contribution in [0.15, 0.2) is 83.4 Å². The fourth-order valence-electron chi connectivity index (χ4n) is 3.70. The van der Waals surface area contributed by atoms with Crippen LogP contribution >= 0.6 is 23.4 Å². The largest absolute Gasteiger partial charge is 0.321 e. The van der Waals surface area contributed by atoms with Crippen molar-refractivity contribution >= 4 is 46.6 Å². The van der Waals surface area contributed by atoms with Gasteiger partial charge in [-0.25, -0.2) is 0 Å². The van der Waals surface area contributed by atoms with Crippen LogP contribution < -0.4 is 10.2 Å². The van der Waals surface area contributed by atoms with Crippen LogP contribution in [0.5, 0.6) is 0 Å². The Morgan fingerprint density at radius 3 is 2.41 bits per heavy atom. The number of hydrogen-bond donors (Lipinski definition) is 1. The summed E-state index contributed by atoms with van der Waals surface area (Å²) in [6.07, 6.45) is 0.495. The van der Waals surface area contributed by atoms with Gasteiger partial charge in [0.15, 0.2) is 0 Å². The zero-order chi connectivity index (χ0) is 24.2. The van der Waals surface area contributed by atoms with Crippen molar-refractivity contribution in [3.8, 4) is 6.07 Å². The highest BCUT2D eigenvalue weighted by atomic mass is 35.5. The molecule has 1 fully saturated rings. The van der Waals surface area contributed by atoms with E-state index < -0.39 is 11.2 Å². The molecule has 0 aliphatic carbocycles. The molecule has 0 saturated carbocycles. The number of nitrogens with zero attached hydrogens (tertiary/aromatic N) is 2. The van der Waals surface area contributed by atoms with Crippen molar-refractivity contribution in [3.63, 3.8) is 0 Å². The lowest BCUT2D eigenvalue weighted by Gasteiger charge is -2.19. The second kappa shape index (κ2) is 10.2. The average Bonchev–Trinajstić information content (AvgIpc) is 3.12. The van der Waals surface area contributed by atoms with E-state index in [1.54, 1.807) is 24.3 Å². The Morgan fingerprint density at radius 2 is 1.76 bits per heavy atom. The number of halogens is 1. The monoisotopic (exact) mass is 487 g/mol. The molecule has 1 saturated heterocycles. The summed E-state index contributed by atoms with van der Waals surface area (Å²) in [5.41, 5.74) is 4.21. The highest BCUT2D eigenvalue weighted by Crippen LogP contribution is 2.42. The maximum absolute atomic E-state index is 13.5. The molecule has 0 bridgehead atoms. The van der Waals surface area contributed by atoms with Crippen LogP contribution in [0.25, 0.3) is 0 Å². The number of nitrogens with one attached hydrogen (secondary N) is 1. The van der Waals surface area contributed by atoms with E-state index in [2.05, 4.69) is 5.32 Å². The molecule has 1 aliphatic rings. The quantitative estimate of drug-likeness (QED) is 0.352. The summed E-state index contributed by atoms with van der Waals surface area (Å²) in [6, 6.07) is 24.1. The molecule has 34 heavy (non-hydrogen) atoms. The molecule has 0 radical (unpaired) electrons. The van der Waals surface area contributed by atoms with Gasteiger partial charge >= 0.3 is 0 Å². The first kappa shape index (κ1) is 23.6. The molecule has 4 rings (SSSR count). The fraction of sp³-hybridized carbons (Fsp3) is 0.148. The number of benzene rings is 3. The van der Waals surface area contributed by atoms with Gasteiger partial charge in [0.2, 0.25) is 5.91 Å². The van der Waals surface area contributed by atoms with Crippen molar-refractivity contribution in [1.29, 1.82) is 5.26 Å². The number of carbonyl (C=O) groups excluding carboxylic acids is 2. The Kier molecular flexibility index (Phi) is 7.06. The van der Waals surface area contributed by atoms with E-state index in [0.717, 1.165) is 16.7 Å². The number of amides is 2. The van der Waals surface area contributed by atoms with Crippen molar-refractivity contribution in [3.05, 3.63) is 105 Å². The fourth-order valence-corrected chi connectivity index (χ4v) is 5.13. The summed E-state index contributed by atoms with van der Waals surface area (Å²) in [6.45, 7) is 3.97. The Labute approximate surface area is 208 Å². The van der Waals surface area contributed by atoms with Crippen LogP contribution in [0.3, 0.4) is 0 Å². The number of rotatable bonds is 5. The SMILES string of the molecule is Cc1ccc(N2C(=O)C(Cc3cccc(C)c3)SC2=C(C#N)C(=O)Nc2ccc(Cl)cc2)cc1. The van der Waals surface area contributed by atoms with Crippen LogP contribution in [0, 0.1) is 25.2 Å². The third-order valence-electron chi connectivity index (χ3n) is 5.40. The molecule has 2 amide bonds. The number of hydrogen-bond acceptors (Lipinski definition) is 4. The number of anilines is 2. The van der Waals surface area contributed by atoms with Gasteiger partial charge in [-0.15, -0.1) is 0 Å². The summed E-state index contributed by atoms with van der Waals surface area (Å²) in [7, 11) is 0. The summed E-state index contributed by atoms with van der Waals surface area (Å²) >= 11 is 7.18. The number of carbonyl (C=O) groups is 2. The lowest BCUT2D eigenvalue weighted by Crippen LogP contribution is -2.30. The van der Waals surface area contributed by atoms with Crippen molar-refractivity contribution in [2.45, 2.75) is 25.5 Å². The lowest BCUT2D eigenvalue weighted by molar-refractivity contribution is -0.117. The summed E-state index contributed by atoms with van der Waals surface area (Å²) in [5.74, 6) is -0.731. The smallest absolute Gasteiger partial charge is 0.269 e. The van der Waals surface area contributed by atoms with Gasteiger partial charge in [-0.05, 0) is 62.2 Å². The maximum Gasteiger partial charge on any atom is 0.269 e. The van der Waals surface area contributed by atoms with Gasteiger partial charge in [-0.1, -0.05) is 70.9 Å². The molecular formula is C27H22ClN3O2S. The third-order valence-corrected chi connectivity index (χ3v) is 6.92. The Balaban J connectivity index is 1.72. The summed E-state index contributed by atoms with van der Waals surface area (Å²) < 4.78 is 0. The Hall–Kier alpha value is -3.53. The van der Waals surface area contributed by atoms with E-state index in [4.69, 9.17) is 11.6 Å². The van der Waals surface area contributed by atoms with Crippen LogP contribution in [-0.2, 0) is 16.0 Å². The van der Waals surface area contributed by atoms with E-state index >= 15 is 0 Å². The molecule has 0 spiro atoms.